The molecule has 0 amide bonds. The fraction of sp³-hybridized carbons (Fsp3) is 0.250. The van der Waals surface area contributed by atoms with Crippen molar-refractivity contribution in [1.29, 1.82) is 0 Å². The third-order valence-electron chi connectivity index (χ3n) is 2.33. The second-order valence-electron chi connectivity index (χ2n) is 3.63. The number of aryl methyl sites for hydroxylation is 1. The molecule has 0 unspecified atom stereocenters. The lowest BCUT2D eigenvalue weighted by atomic mass is 10.1. The summed E-state index contributed by atoms with van der Waals surface area (Å²) >= 11 is 5.84. The molecule has 1 heterocycles. The van der Waals surface area contributed by atoms with E-state index in [-0.39, 0.29) is 5.82 Å². The number of benzene rings is 1. The summed E-state index contributed by atoms with van der Waals surface area (Å²) in [6, 6.07) is 4.90. The van der Waals surface area contributed by atoms with Gasteiger partial charge in [0.2, 0.25) is 0 Å². The van der Waals surface area contributed by atoms with Gasteiger partial charge in [0.15, 0.2) is 5.82 Å². The maximum atomic E-state index is 13.7. The Balaban J connectivity index is 2.78. The first-order valence-corrected chi connectivity index (χ1v) is 5.50. The zero-order valence-electron chi connectivity index (χ0n) is 9.14. The maximum Gasteiger partial charge on any atom is 0.150 e. The molecular formula is C12H12ClFN2. The molecule has 0 aliphatic carbocycles. The average molecular weight is 239 g/mol. The molecule has 0 bridgehead atoms. The van der Waals surface area contributed by atoms with Crippen molar-refractivity contribution in [3.63, 3.8) is 0 Å². The number of nitrogens with one attached hydrogen (secondary N) is 1. The van der Waals surface area contributed by atoms with Gasteiger partial charge in [-0.15, -0.1) is 0 Å². The van der Waals surface area contributed by atoms with Gasteiger partial charge in [-0.25, -0.2) is 9.37 Å². The molecule has 0 saturated carbocycles. The molecule has 2 nitrogen and oxygen atoms in total. The lowest BCUT2D eigenvalue weighted by Gasteiger charge is -2.09. The SMILES string of the molecule is CCNc1cc(C)nc2c(F)cc(Cl)cc12. The van der Waals surface area contributed by atoms with Gasteiger partial charge < -0.3 is 5.32 Å². The van der Waals surface area contributed by atoms with Gasteiger partial charge in [0.25, 0.3) is 0 Å². The molecule has 84 valence electrons. The Hall–Kier alpha value is -1.35. The number of hydrogen-bond acceptors (Lipinski definition) is 2. The number of halogens is 2. The van der Waals surface area contributed by atoms with Crippen molar-refractivity contribution in [2.45, 2.75) is 13.8 Å². The van der Waals surface area contributed by atoms with Crippen LogP contribution in [0.15, 0.2) is 18.2 Å². The molecule has 0 radical (unpaired) electrons. The Morgan fingerprint density at radius 1 is 1.38 bits per heavy atom. The quantitative estimate of drug-likeness (QED) is 0.862. The summed E-state index contributed by atoms with van der Waals surface area (Å²) in [5.74, 6) is -0.384. The van der Waals surface area contributed by atoms with E-state index in [1.807, 2.05) is 19.9 Å². The zero-order valence-corrected chi connectivity index (χ0v) is 9.90. The highest BCUT2D eigenvalue weighted by molar-refractivity contribution is 6.31. The van der Waals surface area contributed by atoms with Crippen LogP contribution in [0.25, 0.3) is 10.9 Å². The molecule has 0 saturated heterocycles. The minimum absolute atomic E-state index is 0.361. The summed E-state index contributed by atoms with van der Waals surface area (Å²) in [5.41, 5.74) is 2.01. The molecule has 0 spiro atoms. The van der Waals surface area contributed by atoms with Gasteiger partial charge in [-0.05, 0) is 32.0 Å². The van der Waals surface area contributed by atoms with E-state index in [0.717, 1.165) is 23.3 Å². The first-order valence-electron chi connectivity index (χ1n) is 5.12. The smallest absolute Gasteiger partial charge is 0.150 e. The lowest BCUT2D eigenvalue weighted by Crippen LogP contribution is -2.00. The second kappa shape index (κ2) is 4.26. The van der Waals surface area contributed by atoms with Gasteiger partial charge in [-0.2, -0.15) is 0 Å². The van der Waals surface area contributed by atoms with Crippen LogP contribution in [0.1, 0.15) is 12.6 Å². The van der Waals surface area contributed by atoms with Gasteiger partial charge in [-0.1, -0.05) is 11.6 Å². The Morgan fingerprint density at radius 2 is 2.12 bits per heavy atom. The van der Waals surface area contributed by atoms with Crippen molar-refractivity contribution in [3.8, 4) is 0 Å². The van der Waals surface area contributed by atoms with Gasteiger partial charge in [0, 0.05) is 28.3 Å². The summed E-state index contributed by atoms with van der Waals surface area (Å²) in [4.78, 5) is 4.19. The third-order valence-corrected chi connectivity index (χ3v) is 2.55. The van der Waals surface area contributed by atoms with E-state index in [1.54, 1.807) is 6.07 Å². The van der Waals surface area contributed by atoms with Gasteiger partial charge >= 0.3 is 0 Å². The fourth-order valence-electron chi connectivity index (χ4n) is 1.72. The van der Waals surface area contributed by atoms with Crippen LogP contribution in [0.3, 0.4) is 0 Å². The van der Waals surface area contributed by atoms with Crippen LogP contribution in [-0.2, 0) is 0 Å². The summed E-state index contributed by atoms with van der Waals surface area (Å²) in [7, 11) is 0. The Bertz CT molecular complexity index is 540. The molecule has 4 heteroatoms. The fourth-order valence-corrected chi connectivity index (χ4v) is 1.92. The number of hydrogen-bond donors (Lipinski definition) is 1. The van der Waals surface area contributed by atoms with Crippen LogP contribution in [0.2, 0.25) is 5.02 Å². The van der Waals surface area contributed by atoms with Crippen molar-refractivity contribution in [2.24, 2.45) is 0 Å². The molecule has 0 fully saturated rings. The van der Waals surface area contributed by atoms with Crippen LogP contribution >= 0.6 is 11.6 Å². The number of anilines is 1. The molecule has 16 heavy (non-hydrogen) atoms. The van der Waals surface area contributed by atoms with E-state index in [9.17, 15) is 4.39 Å². The normalized spacial score (nSPS) is 10.8. The molecule has 0 aliphatic rings. The largest absolute Gasteiger partial charge is 0.385 e. The van der Waals surface area contributed by atoms with E-state index >= 15 is 0 Å². The minimum atomic E-state index is -0.384. The average Bonchev–Trinajstić information content (AvgIpc) is 2.20. The number of aromatic nitrogens is 1. The highest BCUT2D eigenvalue weighted by Gasteiger charge is 2.09. The number of rotatable bonds is 2. The first-order chi connectivity index (χ1) is 7.61. The van der Waals surface area contributed by atoms with Crippen LogP contribution in [0.4, 0.5) is 10.1 Å². The third kappa shape index (κ3) is 1.95. The van der Waals surface area contributed by atoms with Gasteiger partial charge in [-0.3, -0.25) is 0 Å². The molecular weight excluding hydrogens is 227 g/mol. The highest BCUT2D eigenvalue weighted by atomic mass is 35.5. The van der Waals surface area contributed by atoms with Crippen molar-refractivity contribution >= 4 is 28.2 Å². The molecule has 1 aromatic heterocycles. The first kappa shape index (κ1) is 11.1. The summed E-state index contributed by atoms with van der Waals surface area (Å²) in [6.07, 6.45) is 0. The van der Waals surface area contributed by atoms with E-state index in [0.29, 0.717) is 10.5 Å². The molecule has 0 aliphatic heterocycles. The minimum Gasteiger partial charge on any atom is -0.385 e. The maximum absolute atomic E-state index is 13.7. The second-order valence-corrected chi connectivity index (χ2v) is 4.06. The van der Waals surface area contributed by atoms with Crippen LogP contribution in [0, 0.1) is 12.7 Å². The van der Waals surface area contributed by atoms with E-state index in [4.69, 9.17) is 11.6 Å². The highest BCUT2D eigenvalue weighted by Crippen LogP contribution is 2.28. The van der Waals surface area contributed by atoms with E-state index in [2.05, 4.69) is 10.3 Å². The summed E-state index contributed by atoms with van der Waals surface area (Å²) < 4.78 is 13.7. The van der Waals surface area contributed by atoms with Crippen molar-refractivity contribution in [2.75, 3.05) is 11.9 Å². The van der Waals surface area contributed by atoms with Gasteiger partial charge in [0.1, 0.15) is 5.52 Å². The van der Waals surface area contributed by atoms with Crippen LogP contribution in [-0.4, -0.2) is 11.5 Å². The lowest BCUT2D eigenvalue weighted by molar-refractivity contribution is 0.636. The van der Waals surface area contributed by atoms with E-state index < -0.39 is 0 Å². The van der Waals surface area contributed by atoms with E-state index in [1.165, 1.54) is 6.07 Å². The molecule has 2 rings (SSSR count). The van der Waals surface area contributed by atoms with Gasteiger partial charge in [0.05, 0.1) is 0 Å². The molecule has 0 atom stereocenters. The number of nitrogens with zero attached hydrogens (tertiary/aromatic N) is 1. The summed E-state index contributed by atoms with van der Waals surface area (Å²) in [6.45, 7) is 4.60. The van der Waals surface area contributed by atoms with Crippen molar-refractivity contribution in [3.05, 3.63) is 34.7 Å². The Kier molecular flexibility index (Phi) is 2.97. The predicted molar refractivity (Wildman–Crippen MR) is 65.6 cm³/mol. The topological polar surface area (TPSA) is 24.9 Å². The number of pyridine rings is 1. The summed E-state index contributed by atoms with van der Waals surface area (Å²) in [5, 5.41) is 4.28. The molecule has 1 N–H and O–H groups in total. The molecule has 1 aromatic carbocycles. The zero-order chi connectivity index (χ0) is 11.7. The van der Waals surface area contributed by atoms with Crippen molar-refractivity contribution in [1.82, 2.24) is 4.98 Å². The Morgan fingerprint density at radius 3 is 2.81 bits per heavy atom. The number of fused-ring (bicyclic) bond motifs is 1. The monoisotopic (exact) mass is 238 g/mol. The predicted octanol–water partition coefficient (Wildman–Crippen LogP) is 3.77. The van der Waals surface area contributed by atoms with Crippen molar-refractivity contribution < 1.29 is 4.39 Å². The standard InChI is InChI=1S/C12H12ClFN2/c1-3-15-11-4-7(2)16-12-9(11)5-8(13)6-10(12)14/h4-6H,3H2,1-2H3,(H,15,16). The van der Waals surface area contributed by atoms with Crippen LogP contribution < -0.4 is 5.32 Å². The van der Waals surface area contributed by atoms with Crippen LogP contribution in [0.5, 0.6) is 0 Å². The Labute approximate surface area is 98.4 Å². The molecule has 2 aromatic rings.